The Morgan fingerprint density at radius 2 is 1.73 bits per heavy atom. The number of piperidine rings is 1. The number of fused-ring (bicyclic) bond motifs is 5. The van der Waals surface area contributed by atoms with E-state index in [2.05, 4.69) is 10.4 Å². The van der Waals surface area contributed by atoms with Gasteiger partial charge in [0.15, 0.2) is 11.4 Å². The van der Waals surface area contributed by atoms with E-state index in [1.54, 1.807) is 20.7 Å². The van der Waals surface area contributed by atoms with Crippen molar-refractivity contribution in [2.24, 2.45) is 5.41 Å². The number of nitrogens with zero attached hydrogens (tertiary/aromatic N) is 4. The van der Waals surface area contributed by atoms with Crippen LogP contribution in [0.3, 0.4) is 0 Å². The van der Waals surface area contributed by atoms with Gasteiger partial charge in [0.1, 0.15) is 12.2 Å². The monoisotopic (exact) mass is 611 g/mol. The molecule has 1 spiro atoms. The highest BCUT2D eigenvalue weighted by atomic mass is 16.6. The van der Waals surface area contributed by atoms with E-state index >= 15 is 0 Å². The molecule has 1 aromatic heterocycles. The summed E-state index contributed by atoms with van der Waals surface area (Å²) >= 11 is 0. The van der Waals surface area contributed by atoms with Gasteiger partial charge in [-0.05, 0) is 69.7 Å². The van der Waals surface area contributed by atoms with Crippen molar-refractivity contribution in [3.63, 3.8) is 0 Å². The molecule has 1 saturated heterocycles. The Morgan fingerprint density at radius 1 is 1.00 bits per heavy atom. The fraction of sp³-hybridized carbons (Fsp3) is 0.429. The molecule has 1 unspecified atom stereocenters. The van der Waals surface area contributed by atoms with Crippen molar-refractivity contribution in [1.82, 2.24) is 24.9 Å². The molecule has 2 aromatic carbocycles. The van der Waals surface area contributed by atoms with Crippen LogP contribution in [0, 0.1) is 5.41 Å². The lowest BCUT2D eigenvalue weighted by atomic mass is 9.73. The highest BCUT2D eigenvalue weighted by Crippen LogP contribution is 2.39. The van der Waals surface area contributed by atoms with Crippen LogP contribution in [0.15, 0.2) is 72.9 Å². The number of ether oxygens (including phenoxy) is 2. The first kappa shape index (κ1) is 30.4. The predicted molar refractivity (Wildman–Crippen MR) is 169 cm³/mol. The van der Waals surface area contributed by atoms with Crippen LogP contribution in [0.2, 0.25) is 0 Å². The Bertz CT molecular complexity index is 1580. The van der Waals surface area contributed by atoms with Gasteiger partial charge < -0.3 is 24.6 Å². The summed E-state index contributed by atoms with van der Waals surface area (Å²) in [5, 5.41) is 8.01. The summed E-state index contributed by atoms with van der Waals surface area (Å²) < 4.78 is 13.4. The van der Waals surface area contributed by atoms with Gasteiger partial charge in [-0.15, -0.1) is 0 Å². The number of benzene rings is 2. The van der Waals surface area contributed by atoms with Crippen molar-refractivity contribution < 1.29 is 23.9 Å². The summed E-state index contributed by atoms with van der Waals surface area (Å²) in [7, 11) is 0. The molecule has 3 aliphatic rings. The van der Waals surface area contributed by atoms with Crippen LogP contribution < -0.4 is 10.1 Å². The summed E-state index contributed by atoms with van der Waals surface area (Å²) in [6.45, 7) is 7.40. The van der Waals surface area contributed by atoms with E-state index in [-0.39, 0.29) is 30.2 Å². The lowest BCUT2D eigenvalue weighted by Crippen LogP contribution is -2.53. The zero-order chi connectivity index (χ0) is 31.6. The van der Waals surface area contributed by atoms with E-state index in [4.69, 9.17) is 9.47 Å². The normalized spacial score (nSPS) is 21.0. The third-order valence-corrected chi connectivity index (χ3v) is 8.84. The molecule has 10 heteroatoms. The minimum absolute atomic E-state index is 0.0472. The number of carbonyl (C=O) groups is 3. The lowest BCUT2D eigenvalue weighted by Gasteiger charge is -2.42. The maximum absolute atomic E-state index is 14.3. The Labute approximate surface area is 264 Å². The Balaban J connectivity index is 1.30. The van der Waals surface area contributed by atoms with Crippen LogP contribution in [0.25, 0.3) is 5.69 Å². The number of hydrogen-bond donors (Lipinski definition) is 1. The molecule has 10 nitrogen and oxygen atoms in total. The smallest absolute Gasteiger partial charge is 0.410 e. The molecule has 0 aliphatic carbocycles. The maximum Gasteiger partial charge on any atom is 0.410 e. The molecule has 1 atom stereocenters. The molecule has 3 amide bonds. The fourth-order valence-electron chi connectivity index (χ4n) is 6.39. The molecule has 4 heterocycles. The third kappa shape index (κ3) is 6.60. The molecule has 0 radical (unpaired) electrons. The van der Waals surface area contributed by atoms with Gasteiger partial charge >= 0.3 is 6.09 Å². The number of amides is 3. The van der Waals surface area contributed by atoms with Crippen molar-refractivity contribution in [3.05, 3.63) is 89.8 Å². The summed E-state index contributed by atoms with van der Waals surface area (Å²) in [6, 6.07) is 17.2. The Morgan fingerprint density at radius 3 is 2.49 bits per heavy atom. The van der Waals surface area contributed by atoms with E-state index < -0.39 is 17.1 Å². The van der Waals surface area contributed by atoms with Gasteiger partial charge in [-0.25, -0.2) is 9.48 Å². The highest BCUT2D eigenvalue weighted by molar-refractivity contribution is 5.95. The second-order valence-electron chi connectivity index (χ2n) is 13.1. The van der Waals surface area contributed by atoms with E-state index in [9.17, 15) is 14.4 Å². The summed E-state index contributed by atoms with van der Waals surface area (Å²) in [6.07, 6.45) is 7.70. The number of carbonyl (C=O) groups excluding carboxylic acids is 3. The van der Waals surface area contributed by atoms with Gasteiger partial charge in [0.2, 0.25) is 5.91 Å². The summed E-state index contributed by atoms with van der Waals surface area (Å²) in [5.74, 6) is 0.107. The van der Waals surface area contributed by atoms with Gasteiger partial charge in [-0.3, -0.25) is 9.59 Å². The second-order valence-corrected chi connectivity index (χ2v) is 13.1. The topological polar surface area (TPSA) is 106 Å². The number of para-hydroxylation sites is 1. The lowest BCUT2D eigenvalue weighted by molar-refractivity contribution is -0.135. The highest BCUT2D eigenvalue weighted by Gasteiger charge is 2.44. The first-order valence-electron chi connectivity index (χ1n) is 15.7. The van der Waals surface area contributed by atoms with Gasteiger partial charge in [-0.1, -0.05) is 54.6 Å². The zero-order valence-corrected chi connectivity index (χ0v) is 26.2. The van der Waals surface area contributed by atoms with Crippen LogP contribution >= 0.6 is 0 Å². The maximum atomic E-state index is 14.3. The summed E-state index contributed by atoms with van der Waals surface area (Å²) in [4.78, 5) is 44.6. The van der Waals surface area contributed by atoms with Gasteiger partial charge in [-0.2, -0.15) is 5.10 Å². The number of hydrogen-bond acceptors (Lipinski definition) is 6. The third-order valence-electron chi connectivity index (χ3n) is 8.84. The van der Waals surface area contributed by atoms with Crippen LogP contribution in [-0.2, 0) is 16.1 Å². The molecule has 236 valence electrons. The van der Waals surface area contributed by atoms with Crippen molar-refractivity contribution in [2.45, 2.75) is 64.6 Å². The Kier molecular flexibility index (Phi) is 8.40. The average molecular weight is 612 g/mol. The van der Waals surface area contributed by atoms with Crippen molar-refractivity contribution in [1.29, 1.82) is 0 Å². The SMILES string of the molecule is CC(C)(C)OC(=O)N1CCC2(CC/C=C\COc3cn(-c4ccccc4)nc3C(=O)N3Cc4ccccc4C(C3)NC2=O)CC1. The van der Waals surface area contributed by atoms with E-state index in [0.717, 1.165) is 16.8 Å². The number of likely N-dealkylation sites (tertiary alicyclic amines) is 1. The van der Waals surface area contributed by atoms with Gasteiger partial charge in [0.05, 0.1) is 23.3 Å². The first-order valence-corrected chi connectivity index (χ1v) is 15.7. The van der Waals surface area contributed by atoms with Gasteiger partial charge in [0.25, 0.3) is 5.91 Å². The van der Waals surface area contributed by atoms with Crippen molar-refractivity contribution >= 4 is 17.9 Å². The molecule has 1 fully saturated rings. The largest absolute Gasteiger partial charge is 0.485 e. The molecular formula is C35H41N5O5. The molecular weight excluding hydrogens is 570 g/mol. The zero-order valence-electron chi connectivity index (χ0n) is 26.2. The first-order chi connectivity index (χ1) is 21.6. The minimum atomic E-state index is -0.662. The average Bonchev–Trinajstić information content (AvgIpc) is 3.46. The molecule has 6 rings (SSSR count). The number of aromatic nitrogens is 2. The van der Waals surface area contributed by atoms with Crippen LogP contribution in [-0.4, -0.2) is 69.3 Å². The summed E-state index contributed by atoms with van der Waals surface area (Å²) in [5.41, 5.74) is 1.79. The number of allylic oxidation sites excluding steroid dienone is 1. The van der Waals surface area contributed by atoms with Crippen LogP contribution in [0.4, 0.5) is 4.79 Å². The van der Waals surface area contributed by atoms with Crippen LogP contribution in [0.1, 0.15) is 74.1 Å². The second kappa shape index (κ2) is 12.4. The quantitative estimate of drug-likeness (QED) is 0.368. The standard InChI is InChI=1S/C35H41N5O5/c1-34(2,3)45-33(43)38-19-17-35(18-20-38)16-10-5-11-21-44-29-24-40(26-13-6-4-7-14-26)37-30(29)31(41)39-22-25-12-8-9-15-27(25)28(23-39)36-32(35)42/h4-9,11-15,24,28H,10,16-23H2,1-3H3,(H,36,42)/b11-5-. The van der Waals surface area contributed by atoms with E-state index in [1.165, 1.54) is 0 Å². The molecule has 45 heavy (non-hydrogen) atoms. The predicted octanol–water partition coefficient (Wildman–Crippen LogP) is 5.43. The van der Waals surface area contributed by atoms with Gasteiger partial charge in [0, 0.05) is 26.2 Å². The number of nitrogens with one attached hydrogen (secondary N) is 1. The molecule has 0 saturated carbocycles. The number of rotatable bonds is 1. The molecule has 3 aromatic rings. The van der Waals surface area contributed by atoms with Crippen molar-refractivity contribution in [2.75, 3.05) is 26.2 Å². The van der Waals surface area contributed by atoms with E-state index in [1.807, 2.05) is 87.5 Å². The molecule has 2 bridgehead atoms. The van der Waals surface area contributed by atoms with E-state index in [0.29, 0.717) is 57.6 Å². The Hall–Kier alpha value is -4.60. The minimum Gasteiger partial charge on any atom is -0.485 e. The molecule has 1 N–H and O–H groups in total. The fourth-order valence-corrected chi connectivity index (χ4v) is 6.39. The van der Waals surface area contributed by atoms with Crippen molar-refractivity contribution in [3.8, 4) is 11.4 Å². The van der Waals surface area contributed by atoms with Crippen LogP contribution in [0.5, 0.6) is 5.75 Å². The molecule has 3 aliphatic heterocycles.